The minimum Gasteiger partial charge on any atom is -0.494 e. The summed E-state index contributed by atoms with van der Waals surface area (Å²) in [6.45, 7) is 0.904. The number of benzene rings is 3. The molecular weight excluding hydrogens is 404 g/mol. The molecule has 0 aromatic heterocycles. The second-order valence-corrected chi connectivity index (χ2v) is 7.66. The van der Waals surface area contributed by atoms with Crippen LogP contribution in [0.15, 0.2) is 72.8 Å². The van der Waals surface area contributed by atoms with Crippen LogP contribution in [0.25, 0.3) is 0 Å². The number of fused-ring (bicyclic) bond motifs is 1. The Morgan fingerprint density at radius 1 is 0.906 bits per heavy atom. The molecule has 1 aliphatic heterocycles. The molecule has 0 atom stereocenters. The first kappa shape index (κ1) is 21.4. The number of aryl methyl sites for hydroxylation is 1. The second-order valence-electron chi connectivity index (χ2n) is 7.66. The Balaban J connectivity index is 1.17. The molecule has 32 heavy (non-hydrogen) atoms. The van der Waals surface area contributed by atoms with E-state index in [4.69, 9.17) is 9.47 Å². The number of carbonyl (C=O) groups excluding carboxylic acids is 2. The van der Waals surface area contributed by atoms with Crippen LogP contribution in [0.1, 0.15) is 30.4 Å². The molecule has 2 amide bonds. The van der Waals surface area contributed by atoms with Gasteiger partial charge in [0.15, 0.2) is 0 Å². The summed E-state index contributed by atoms with van der Waals surface area (Å²) in [5, 5.41) is 5.80. The van der Waals surface area contributed by atoms with Crippen LogP contribution in [0, 0.1) is 0 Å². The average Bonchev–Trinajstić information content (AvgIpc) is 2.81. The number of hydrogen-bond donors (Lipinski definition) is 2. The molecule has 1 aliphatic rings. The molecule has 2 N–H and O–H groups in total. The largest absolute Gasteiger partial charge is 0.494 e. The van der Waals surface area contributed by atoms with Gasteiger partial charge >= 0.3 is 0 Å². The van der Waals surface area contributed by atoms with Gasteiger partial charge in [-0.2, -0.15) is 0 Å². The van der Waals surface area contributed by atoms with Gasteiger partial charge in [-0.3, -0.25) is 9.59 Å². The van der Waals surface area contributed by atoms with Crippen molar-refractivity contribution in [2.45, 2.75) is 32.2 Å². The summed E-state index contributed by atoms with van der Waals surface area (Å²) < 4.78 is 11.6. The van der Waals surface area contributed by atoms with Crippen LogP contribution in [0.5, 0.6) is 17.2 Å². The average molecular weight is 431 g/mol. The van der Waals surface area contributed by atoms with E-state index < -0.39 is 0 Å². The Morgan fingerprint density at radius 2 is 1.75 bits per heavy atom. The van der Waals surface area contributed by atoms with Crippen LogP contribution >= 0.6 is 0 Å². The van der Waals surface area contributed by atoms with Gasteiger partial charge in [0, 0.05) is 25.1 Å². The lowest BCUT2D eigenvalue weighted by Gasteiger charge is -2.17. The van der Waals surface area contributed by atoms with E-state index in [1.165, 1.54) is 0 Å². The Bertz CT molecular complexity index is 1080. The fourth-order valence-corrected chi connectivity index (χ4v) is 3.50. The summed E-state index contributed by atoms with van der Waals surface area (Å²) in [4.78, 5) is 23.6. The second kappa shape index (κ2) is 10.5. The van der Waals surface area contributed by atoms with E-state index in [2.05, 4.69) is 10.6 Å². The first-order chi connectivity index (χ1) is 15.7. The molecule has 6 heteroatoms. The molecule has 0 saturated heterocycles. The number of anilines is 1. The first-order valence-electron chi connectivity index (χ1n) is 10.8. The number of para-hydroxylation sites is 1. The molecule has 6 nitrogen and oxygen atoms in total. The van der Waals surface area contributed by atoms with Crippen molar-refractivity contribution in [2.75, 3.05) is 11.9 Å². The van der Waals surface area contributed by atoms with Crippen LogP contribution < -0.4 is 20.1 Å². The fourth-order valence-electron chi connectivity index (χ4n) is 3.50. The van der Waals surface area contributed by atoms with Crippen molar-refractivity contribution in [3.63, 3.8) is 0 Å². The van der Waals surface area contributed by atoms with Crippen molar-refractivity contribution in [1.82, 2.24) is 5.32 Å². The minimum absolute atomic E-state index is 0.0175. The third kappa shape index (κ3) is 6.11. The zero-order valence-electron chi connectivity index (χ0n) is 17.8. The lowest BCUT2D eigenvalue weighted by Crippen LogP contribution is -2.23. The molecule has 3 aromatic rings. The highest BCUT2D eigenvalue weighted by Gasteiger charge is 2.15. The van der Waals surface area contributed by atoms with Gasteiger partial charge in [0.05, 0.1) is 6.61 Å². The third-order valence-corrected chi connectivity index (χ3v) is 5.16. The summed E-state index contributed by atoms with van der Waals surface area (Å²) in [6.07, 6.45) is 2.23. The van der Waals surface area contributed by atoms with Crippen molar-refractivity contribution in [3.05, 3.63) is 83.9 Å². The van der Waals surface area contributed by atoms with Crippen LogP contribution in [0.2, 0.25) is 0 Å². The van der Waals surface area contributed by atoms with E-state index in [9.17, 15) is 9.59 Å². The molecule has 0 saturated carbocycles. The smallest absolute Gasteiger partial charge is 0.224 e. The highest BCUT2D eigenvalue weighted by atomic mass is 16.5. The summed E-state index contributed by atoms with van der Waals surface area (Å²) in [7, 11) is 0. The SMILES string of the molecule is O=C(CCCOc1ccc2c(c1)CCC(=O)N2)NCc1cccc(Oc2ccccc2)c1. The number of ether oxygens (including phenoxy) is 2. The van der Waals surface area contributed by atoms with Crippen molar-refractivity contribution in [1.29, 1.82) is 0 Å². The molecular formula is C26H26N2O4. The maximum Gasteiger partial charge on any atom is 0.224 e. The number of amides is 2. The van der Waals surface area contributed by atoms with Gasteiger partial charge in [0.2, 0.25) is 11.8 Å². The molecule has 0 aliphatic carbocycles. The van der Waals surface area contributed by atoms with E-state index in [-0.39, 0.29) is 11.8 Å². The third-order valence-electron chi connectivity index (χ3n) is 5.16. The number of rotatable bonds is 9. The molecule has 164 valence electrons. The monoisotopic (exact) mass is 430 g/mol. The topological polar surface area (TPSA) is 76.7 Å². The molecule has 0 bridgehead atoms. The van der Waals surface area contributed by atoms with Crippen LogP contribution in [-0.2, 0) is 22.6 Å². The van der Waals surface area contributed by atoms with Gasteiger partial charge in [0.25, 0.3) is 0 Å². The van der Waals surface area contributed by atoms with Gasteiger partial charge in [0.1, 0.15) is 17.2 Å². The van der Waals surface area contributed by atoms with E-state index in [0.29, 0.717) is 32.4 Å². The molecule has 4 rings (SSSR count). The van der Waals surface area contributed by atoms with Crippen molar-refractivity contribution < 1.29 is 19.1 Å². The molecule has 3 aromatic carbocycles. The summed E-state index contributed by atoms with van der Waals surface area (Å²) in [6, 6.07) is 23.0. The van der Waals surface area contributed by atoms with E-state index in [1.54, 1.807) is 0 Å². The zero-order valence-corrected chi connectivity index (χ0v) is 17.8. The van der Waals surface area contributed by atoms with E-state index in [0.717, 1.165) is 40.5 Å². The van der Waals surface area contributed by atoms with Gasteiger partial charge in [-0.25, -0.2) is 0 Å². The highest BCUT2D eigenvalue weighted by molar-refractivity contribution is 5.94. The molecule has 0 radical (unpaired) electrons. The van der Waals surface area contributed by atoms with Gasteiger partial charge in [-0.15, -0.1) is 0 Å². The number of carbonyl (C=O) groups is 2. The van der Waals surface area contributed by atoms with Crippen molar-refractivity contribution >= 4 is 17.5 Å². The van der Waals surface area contributed by atoms with Gasteiger partial charge in [-0.1, -0.05) is 30.3 Å². The Kier molecular flexibility index (Phi) is 7.02. The molecule has 0 fully saturated rings. The number of nitrogens with one attached hydrogen (secondary N) is 2. The van der Waals surface area contributed by atoms with Gasteiger partial charge < -0.3 is 20.1 Å². The Hall–Kier alpha value is -3.80. The van der Waals surface area contributed by atoms with Gasteiger partial charge in [-0.05, 0) is 66.4 Å². The quantitative estimate of drug-likeness (QED) is 0.476. The van der Waals surface area contributed by atoms with Crippen molar-refractivity contribution in [3.8, 4) is 17.2 Å². The first-order valence-corrected chi connectivity index (χ1v) is 10.8. The van der Waals surface area contributed by atoms with E-state index >= 15 is 0 Å². The molecule has 0 unspecified atom stereocenters. The minimum atomic E-state index is -0.0175. The Morgan fingerprint density at radius 3 is 2.62 bits per heavy atom. The molecule has 1 heterocycles. The summed E-state index contributed by atoms with van der Waals surface area (Å²) in [5.41, 5.74) is 2.91. The highest BCUT2D eigenvalue weighted by Crippen LogP contribution is 2.27. The zero-order chi connectivity index (χ0) is 22.2. The maximum absolute atomic E-state index is 12.2. The fraction of sp³-hybridized carbons (Fsp3) is 0.231. The molecule has 0 spiro atoms. The standard InChI is InChI=1S/C26H26N2O4/c29-25(10-5-15-31-22-12-13-24-20(17-22)11-14-26(30)28-24)27-18-19-6-4-9-23(16-19)32-21-7-2-1-3-8-21/h1-4,6-9,12-13,16-17H,5,10-11,14-15,18H2,(H,27,29)(H,28,30). The van der Waals surface area contributed by atoms with Crippen molar-refractivity contribution in [2.24, 2.45) is 0 Å². The van der Waals surface area contributed by atoms with Crippen LogP contribution in [0.4, 0.5) is 5.69 Å². The summed E-state index contributed by atoms with van der Waals surface area (Å²) in [5.74, 6) is 2.30. The predicted octanol–water partition coefficient (Wildman–Crippen LogP) is 4.84. The number of hydrogen-bond acceptors (Lipinski definition) is 4. The Labute approximate surface area is 187 Å². The van der Waals surface area contributed by atoms with Crippen LogP contribution in [0.3, 0.4) is 0 Å². The lowest BCUT2D eigenvalue weighted by molar-refractivity contribution is -0.121. The predicted molar refractivity (Wildman–Crippen MR) is 123 cm³/mol. The lowest BCUT2D eigenvalue weighted by atomic mass is 10.0. The maximum atomic E-state index is 12.2. The van der Waals surface area contributed by atoms with Crippen LogP contribution in [-0.4, -0.2) is 18.4 Å². The van der Waals surface area contributed by atoms with E-state index in [1.807, 2.05) is 72.8 Å². The summed E-state index contributed by atoms with van der Waals surface area (Å²) >= 11 is 0. The normalized spacial score (nSPS) is 12.4.